The van der Waals surface area contributed by atoms with Crippen LogP contribution in [0, 0.1) is 11.8 Å². The molecule has 0 spiro atoms. The van der Waals surface area contributed by atoms with Crippen molar-refractivity contribution >= 4 is 23.3 Å². The first kappa shape index (κ1) is 10.4. The van der Waals surface area contributed by atoms with Crippen molar-refractivity contribution in [1.29, 1.82) is 0 Å². The van der Waals surface area contributed by atoms with Gasteiger partial charge in [0.25, 0.3) is 0 Å². The van der Waals surface area contributed by atoms with Crippen LogP contribution in [-0.2, 0) is 4.79 Å². The number of aliphatic carboxylic acids is 1. The Hall–Kier alpha value is -1.73. The Kier molecular flexibility index (Phi) is 3.32. The van der Waals surface area contributed by atoms with Crippen LogP contribution in [0.5, 0.6) is 0 Å². The Bertz CT molecular complexity index is 421. The number of nitrogen functional groups attached to an aromatic ring is 1. The van der Waals surface area contributed by atoms with Crippen LogP contribution in [0.1, 0.15) is 12.0 Å². The molecule has 0 fully saturated rings. The van der Waals surface area contributed by atoms with Crippen molar-refractivity contribution in [2.45, 2.75) is 6.42 Å². The summed E-state index contributed by atoms with van der Waals surface area (Å²) in [6.07, 6.45) is 1.18. The first-order valence-corrected chi connectivity index (χ1v) is 4.09. The lowest BCUT2D eigenvalue weighted by Gasteiger charge is -1.95. The number of carbonyl (C=O) groups is 1. The predicted molar refractivity (Wildman–Crippen MR) is 52.8 cm³/mol. The van der Waals surface area contributed by atoms with E-state index in [-0.39, 0.29) is 11.6 Å². The minimum Gasteiger partial charge on any atom is -0.481 e. The van der Waals surface area contributed by atoms with Crippen molar-refractivity contribution in [2.75, 3.05) is 5.73 Å². The number of carboxylic acids is 1. The van der Waals surface area contributed by atoms with Gasteiger partial charge in [0.05, 0.1) is 17.4 Å². The number of pyridine rings is 1. The number of hydrogen-bond donors (Lipinski definition) is 2. The molecule has 1 aromatic heterocycles. The SMILES string of the molecule is Nc1cnc(Cl)c(C#CCC(=O)O)c1. The van der Waals surface area contributed by atoms with E-state index in [4.69, 9.17) is 22.4 Å². The van der Waals surface area contributed by atoms with Gasteiger partial charge in [-0.05, 0) is 6.07 Å². The first-order valence-electron chi connectivity index (χ1n) is 3.71. The highest BCUT2D eigenvalue weighted by molar-refractivity contribution is 6.30. The molecule has 0 aliphatic rings. The van der Waals surface area contributed by atoms with Gasteiger partial charge in [-0.3, -0.25) is 4.79 Å². The van der Waals surface area contributed by atoms with Gasteiger partial charge in [0.1, 0.15) is 11.6 Å². The van der Waals surface area contributed by atoms with Crippen LogP contribution in [0.25, 0.3) is 0 Å². The van der Waals surface area contributed by atoms with E-state index >= 15 is 0 Å². The van der Waals surface area contributed by atoms with Crippen LogP contribution < -0.4 is 5.73 Å². The molecule has 4 nitrogen and oxygen atoms in total. The molecule has 14 heavy (non-hydrogen) atoms. The number of nitrogens with two attached hydrogens (primary N) is 1. The third-order valence-corrected chi connectivity index (χ3v) is 1.62. The summed E-state index contributed by atoms with van der Waals surface area (Å²) >= 11 is 5.69. The quantitative estimate of drug-likeness (QED) is 0.539. The van der Waals surface area contributed by atoms with Crippen molar-refractivity contribution in [3.8, 4) is 11.8 Å². The second kappa shape index (κ2) is 4.49. The van der Waals surface area contributed by atoms with Crippen LogP contribution in [0.2, 0.25) is 5.15 Å². The third-order valence-electron chi connectivity index (χ3n) is 1.32. The first-order chi connectivity index (χ1) is 6.59. The molecule has 0 atom stereocenters. The Morgan fingerprint density at radius 2 is 2.43 bits per heavy atom. The molecule has 0 saturated heterocycles. The molecule has 0 aliphatic heterocycles. The lowest BCUT2D eigenvalue weighted by molar-refractivity contribution is -0.135. The number of anilines is 1. The molecule has 0 amide bonds. The van der Waals surface area contributed by atoms with Gasteiger partial charge in [-0.25, -0.2) is 4.98 Å². The van der Waals surface area contributed by atoms with Crippen LogP contribution in [0.3, 0.4) is 0 Å². The van der Waals surface area contributed by atoms with E-state index in [2.05, 4.69) is 16.8 Å². The fourth-order valence-corrected chi connectivity index (χ4v) is 0.918. The van der Waals surface area contributed by atoms with Crippen LogP contribution in [0.4, 0.5) is 5.69 Å². The lowest BCUT2D eigenvalue weighted by Crippen LogP contribution is -1.92. The topological polar surface area (TPSA) is 76.2 Å². The zero-order chi connectivity index (χ0) is 10.6. The molecule has 0 saturated carbocycles. The Morgan fingerprint density at radius 3 is 3.07 bits per heavy atom. The molecule has 1 rings (SSSR count). The average Bonchev–Trinajstić information content (AvgIpc) is 2.10. The zero-order valence-electron chi connectivity index (χ0n) is 7.12. The largest absolute Gasteiger partial charge is 0.481 e. The third kappa shape index (κ3) is 2.96. The minimum absolute atomic E-state index is 0.220. The van der Waals surface area contributed by atoms with Gasteiger partial charge in [-0.1, -0.05) is 23.4 Å². The summed E-state index contributed by atoms with van der Waals surface area (Å²) in [7, 11) is 0. The molecular formula is C9H7ClN2O2. The second-order valence-electron chi connectivity index (χ2n) is 2.48. The highest BCUT2D eigenvalue weighted by Gasteiger charge is 1.98. The van der Waals surface area contributed by atoms with Gasteiger partial charge in [0.2, 0.25) is 0 Å². The monoisotopic (exact) mass is 210 g/mol. The number of aromatic nitrogens is 1. The molecule has 0 radical (unpaired) electrons. The number of halogens is 1. The van der Waals surface area contributed by atoms with Crippen molar-refractivity contribution in [1.82, 2.24) is 4.98 Å². The van der Waals surface area contributed by atoms with E-state index in [1.54, 1.807) is 6.07 Å². The van der Waals surface area contributed by atoms with Gasteiger partial charge >= 0.3 is 5.97 Å². The van der Waals surface area contributed by atoms with E-state index in [9.17, 15) is 4.79 Å². The van der Waals surface area contributed by atoms with E-state index in [0.717, 1.165) is 0 Å². The fraction of sp³-hybridized carbons (Fsp3) is 0.111. The smallest absolute Gasteiger partial charge is 0.315 e. The molecule has 1 heterocycles. The summed E-state index contributed by atoms with van der Waals surface area (Å²) in [5, 5.41) is 8.56. The fourth-order valence-electron chi connectivity index (χ4n) is 0.767. The molecule has 0 aliphatic carbocycles. The van der Waals surface area contributed by atoms with Gasteiger partial charge in [-0.2, -0.15) is 0 Å². The maximum Gasteiger partial charge on any atom is 0.315 e. The molecule has 0 aromatic carbocycles. The summed E-state index contributed by atoms with van der Waals surface area (Å²) in [6, 6.07) is 1.55. The Labute approximate surface area is 85.7 Å². The summed E-state index contributed by atoms with van der Waals surface area (Å²) in [5.41, 5.74) is 6.33. The lowest BCUT2D eigenvalue weighted by atomic mass is 10.2. The maximum atomic E-state index is 10.2. The summed E-state index contributed by atoms with van der Waals surface area (Å²) in [6.45, 7) is 0. The molecule has 5 heteroatoms. The number of hydrogen-bond acceptors (Lipinski definition) is 3. The minimum atomic E-state index is -0.981. The maximum absolute atomic E-state index is 10.2. The van der Waals surface area contributed by atoms with E-state index in [1.165, 1.54) is 6.20 Å². The number of nitrogens with zero attached hydrogens (tertiary/aromatic N) is 1. The van der Waals surface area contributed by atoms with Crippen LogP contribution in [-0.4, -0.2) is 16.1 Å². The molecular weight excluding hydrogens is 204 g/mol. The van der Waals surface area contributed by atoms with Crippen molar-refractivity contribution in [2.24, 2.45) is 0 Å². The van der Waals surface area contributed by atoms with E-state index in [1.807, 2.05) is 0 Å². The van der Waals surface area contributed by atoms with Gasteiger partial charge < -0.3 is 10.8 Å². The molecule has 72 valence electrons. The highest BCUT2D eigenvalue weighted by atomic mass is 35.5. The number of carboxylic acid groups (broad SMARTS) is 1. The molecule has 0 bridgehead atoms. The summed E-state index contributed by atoms with van der Waals surface area (Å²) in [4.78, 5) is 13.9. The summed E-state index contributed by atoms with van der Waals surface area (Å²) in [5.74, 6) is 4.04. The zero-order valence-corrected chi connectivity index (χ0v) is 7.88. The van der Waals surface area contributed by atoms with Crippen LogP contribution >= 0.6 is 11.6 Å². The molecule has 3 N–H and O–H groups in total. The summed E-state index contributed by atoms with van der Waals surface area (Å²) < 4.78 is 0. The van der Waals surface area contributed by atoms with Crippen molar-refractivity contribution in [3.63, 3.8) is 0 Å². The Balaban J connectivity index is 2.88. The van der Waals surface area contributed by atoms with E-state index < -0.39 is 5.97 Å². The van der Waals surface area contributed by atoms with E-state index in [0.29, 0.717) is 11.3 Å². The van der Waals surface area contributed by atoms with Crippen molar-refractivity contribution in [3.05, 3.63) is 23.0 Å². The average molecular weight is 211 g/mol. The second-order valence-corrected chi connectivity index (χ2v) is 2.84. The molecule has 0 unspecified atom stereocenters. The van der Waals surface area contributed by atoms with Gasteiger partial charge in [0, 0.05) is 0 Å². The molecule has 1 aromatic rings. The van der Waals surface area contributed by atoms with Crippen LogP contribution in [0.15, 0.2) is 12.3 Å². The standard InChI is InChI=1S/C9H7ClN2O2/c10-9-6(2-1-3-8(13)14)4-7(11)5-12-9/h4-5H,3,11H2,(H,13,14). The van der Waals surface area contributed by atoms with Gasteiger partial charge in [0.15, 0.2) is 0 Å². The number of rotatable bonds is 1. The Morgan fingerprint density at radius 1 is 1.71 bits per heavy atom. The van der Waals surface area contributed by atoms with Gasteiger partial charge in [-0.15, -0.1) is 0 Å². The predicted octanol–water partition coefficient (Wildman–Crippen LogP) is 1.14. The van der Waals surface area contributed by atoms with Crippen molar-refractivity contribution < 1.29 is 9.90 Å². The normalized spacial score (nSPS) is 8.93. The highest BCUT2D eigenvalue weighted by Crippen LogP contribution is 2.13.